The van der Waals surface area contributed by atoms with Crippen LogP contribution >= 0.6 is 0 Å². The minimum atomic E-state index is -0.891. The summed E-state index contributed by atoms with van der Waals surface area (Å²) >= 11 is 0. The first-order chi connectivity index (χ1) is 9.31. The van der Waals surface area contributed by atoms with Gasteiger partial charge in [0.15, 0.2) is 0 Å². The number of hydrogen-bond donors (Lipinski definition) is 3. The van der Waals surface area contributed by atoms with Crippen molar-refractivity contribution in [1.29, 1.82) is 0 Å². The van der Waals surface area contributed by atoms with Crippen LogP contribution in [0, 0.1) is 5.41 Å². The SMILES string of the molecule is CC(C)(CC(N)c1ccc2c(c1)C(=O)NCC2)C(=O)O. The Morgan fingerprint density at radius 3 is 2.85 bits per heavy atom. The molecule has 1 aromatic rings. The molecule has 0 bridgehead atoms. The first-order valence-electron chi connectivity index (χ1n) is 6.71. The van der Waals surface area contributed by atoms with E-state index in [1.54, 1.807) is 19.9 Å². The number of aliphatic carboxylic acids is 1. The highest BCUT2D eigenvalue weighted by atomic mass is 16.4. The molecular formula is C15H20N2O3. The quantitative estimate of drug-likeness (QED) is 0.776. The van der Waals surface area contributed by atoms with E-state index in [1.165, 1.54) is 0 Å². The molecule has 0 aromatic heterocycles. The van der Waals surface area contributed by atoms with Gasteiger partial charge >= 0.3 is 5.97 Å². The van der Waals surface area contributed by atoms with E-state index in [2.05, 4.69) is 5.32 Å². The third-order valence-electron chi connectivity index (χ3n) is 3.80. The lowest BCUT2D eigenvalue weighted by molar-refractivity contribution is -0.147. The van der Waals surface area contributed by atoms with E-state index in [1.807, 2.05) is 12.1 Å². The summed E-state index contributed by atoms with van der Waals surface area (Å²) in [7, 11) is 0. The average molecular weight is 276 g/mol. The summed E-state index contributed by atoms with van der Waals surface area (Å²) in [5.74, 6) is -0.957. The molecule has 108 valence electrons. The molecule has 1 unspecified atom stereocenters. The zero-order valence-corrected chi connectivity index (χ0v) is 11.8. The van der Waals surface area contributed by atoms with Crippen LogP contribution in [0.2, 0.25) is 0 Å². The van der Waals surface area contributed by atoms with Crippen LogP contribution < -0.4 is 11.1 Å². The fourth-order valence-corrected chi connectivity index (χ4v) is 2.41. The summed E-state index contributed by atoms with van der Waals surface area (Å²) in [6.45, 7) is 3.96. The van der Waals surface area contributed by atoms with Crippen molar-refractivity contribution in [3.05, 3.63) is 34.9 Å². The molecule has 1 atom stereocenters. The number of carboxylic acids is 1. The Morgan fingerprint density at radius 1 is 1.50 bits per heavy atom. The summed E-state index contributed by atoms with van der Waals surface area (Å²) in [5.41, 5.74) is 7.68. The van der Waals surface area contributed by atoms with E-state index in [4.69, 9.17) is 10.8 Å². The van der Waals surface area contributed by atoms with Crippen LogP contribution in [0.3, 0.4) is 0 Å². The third kappa shape index (κ3) is 2.82. The van der Waals surface area contributed by atoms with E-state index in [0.29, 0.717) is 18.5 Å². The molecule has 0 fully saturated rings. The Labute approximate surface area is 118 Å². The van der Waals surface area contributed by atoms with Crippen molar-refractivity contribution < 1.29 is 14.7 Å². The van der Waals surface area contributed by atoms with Crippen molar-refractivity contribution in [1.82, 2.24) is 5.32 Å². The van der Waals surface area contributed by atoms with Crippen LogP contribution in [-0.4, -0.2) is 23.5 Å². The molecule has 5 nitrogen and oxygen atoms in total. The predicted molar refractivity (Wildman–Crippen MR) is 75.4 cm³/mol. The Balaban J connectivity index is 2.23. The highest BCUT2D eigenvalue weighted by molar-refractivity contribution is 5.96. The van der Waals surface area contributed by atoms with Gasteiger partial charge in [0.05, 0.1) is 5.41 Å². The van der Waals surface area contributed by atoms with Gasteiger partial charge in [-0.25, -0.2) is 0 Å². The fraction of sp³-hybridized carbons (Fsp3) is 0.467. The Kier molecular flexibility index (Phi) is 3.81. The highest BCUT2D eigenvalue weighted by Crippen LogP contribution is 2.30. The van der Waals surface area contributed by atoms with Crippen molar-refractivity contribution in [3.63, 3.8) is 0 Å². The van der Waals surface area contributed by atoms with Gasteiger partial charge in [-0.3, -0.25) is 9.59 Å². The van der Waals surface area contributed by atoms with Crippen LogP contribution in [0.25, 0.3) is 0 Å². The van der Waals surface area contributed by atoms with E-state index in [0.717, 1.165) is 17.5 Å². The van der Waals surface area contributed by atoms with Crippen LogP contribution in [0.1, 0.15) is 47.8 Å². The van der Waals surface area contributed by atoms with Crippen molar-refractivity contribution >= 4 is 11.9 Å². The van der Waals surface area contributed by atoms with E-state index in [9.17, 15) is 9.59 Å². The molecule has 1 aromatic carbocycles. The molecule has 0 radical (unpaired) electrons. The monoisotopic (exact) mass is 276 g/mol. The van der Waals surface area contributed by atoms with E-state index < -0.39 is 17.4 Å². The molecule has 1 aliphatic rings. The van der Waals surface area contributed by atoms with Crippen LogP contribution in [0.4, 0.5) is 0 Å². The maximum absolute atomic E-state index is 11.8. The first kappa shape index (κ1) is 14.5. The number of nitrogens with two attached hydrogens (primary N) is 1. The second kappa shape index (κ2) is 5.25. The second-order valence-corrected chi connectivity index (χ2v) is 5.92. The molecule has 0 aliphatic carbocycles. The van der Waals surface area contributed by atoms with Gasteiger partial charge in [-0.1, -0.05) is 12.1 Å². The van der Waals surface area contributed by atoms with Crippen molar-refractivity contribution in [2.75, 3.05) is 6.54 Å². The predicted octanol–water partition coefficient (Wildman–Crippen LogP) is 1.47. The maximum Gasteiger partial charge on any atom is 0.309 e. The van der Waals surface area contributed by atoms with Crippen LogP contribution in [-0.2, 0) is 11.2 Å². The zero-order valence-electron chi connectivity index (χ0n) is 11.8. The molecule has 0 saturated carbocycles. The number of nitrogens with one attached hydrogen (secondary N) is 1. The average Bonchev–Trinajstić information content (AvgIpc) is 2.38. The summed E-state index contributed by atoms with van der Waals surface area (Å²) in [4.78, 5) is 23.0. The lowest BCUT2D eigenvalue weighted by atomic mass is 9.83. The minimum Gasteiger partial charge on any atom is -0.481 e. The fourth-order valence-electron chi connectivity index (χ4n) is 2.41. The zero-order chi connectivity index (χ0) is 14.9. The molecule has 2 rings (SSSR count). The molecule has 1 aliphatic heterocycles. The molecule has 1 amide bonds. The van der Waals surface area contributed by atoms with Gasteiger partial charge in [0.1, 0.15) is 0 Å². The van der Waals surface area contributed by atoms with Gasteiger partial charge < -0.3 is 16.2 Å². The van der Waals surface area contributed by atoms with Gasteiger partial charge in [-0.05, 0) is 43.9 Å². The number of carboxylic acid groups (broad SMARTS) is 1. The Morgan fingerprint density at radius 2 is 2.20 bits per heavy atom. The van der Waals surface area contributed by atoms with Gasteiger partial charge in [0.25, 0.3) is 5.91 Å². The van der Waals surface area contributed by atoms with Gasteiger partial charge in [-0.2, -0.15) is 0 Å². The normalized spacial score (nSPS) is 16.2. The van der Waals surface area contributed by atoms with Crippen LogP contribution in [0.15, 0.2) is 18.2 Å². The molecule has 0 spiro atoms. The second-order valence-electron chi connectivity index (χ2n) is 5.92. The smallest absolute Gasteiger partial charge is 0.309 e. The number of hydrogen-bond acceptors (Lipinski definition) is 3. The third-order valence-corrected chi connectivity index (χ3v) is 3.80. The first-order valence-corrected chi connectivity index (χ1v) is 6.71. The van der Waals surface area contributed by atoms with Crippen molar-refractivity contribution in [2.24, 2.45) is 11.1 Å². The number of rotatable bonds is 4. The Hall–Kier alpha value is -1.88. The van der Waals surface area contributed by atoms with Crippen LogP contribution in [0.5, 0.6) is 0 Å². The van der Waals surface area contributed by atoms with Gasteiger partial charge in [-0.15, -0.1) is 0 Å². The van der Waals surface area contributed by atoms with Crippen molar-refractivity contribution in [3.8, 4) is 0 Å². The summed E-state index contributed by atoms with van der Waals surface area (Å²) in [6, 6.07) is 5.19. The van der Waals surface area contributed by atoms with Crippen molar-refractivity contribution in [2.45, 2.75) is 32.7 Å². The topological polar surface area (TPSA) is 92.4 Å². The molecule has 0 saturated heterocycles. The van der Waals surface area contributed by atoms with Gasteiger partial charge in [0.2, 0.25) is 0 Å². The number of fused-ring (bicyclic) bond motifs is 1. The molecule has 5 heteroatoms. The minimum absolute atomic E-state index is 0.0854. The summed E-state index contributed by atoms with van der Waals surface area (Å²) < 4.78 is 0. The van der Waals surface area contributed by atoms with Gasteiger partial charge in [0, 0.05) is 18.2 Å². The molecule has 1 heterocycles. The largest absolute Gasteiger partial charge is 0.481 e. The summed E-state index contributed by atoms with van der Waals surface area (Å²) in [6.07, 6.45) is 1.14. The lowest BCUT2D eigenvalue weighted by Crippen LogP contribution is -2.32. The molecular weight excluding hydrogens is 256 g/mol. The maximum atomic E-state index is 11.8. The number of carbonyl (C=O) groups is 2. The van der Waals surface area contributed by atoms with E-state index >= 15 is 0 Å². The lowest BCUT2D eigenvalue weighted by Gasteiger charge is -2.25. The van der Waals surface area contributed by atoms with E-state index in [-0.39, 0.29) is 5.91 Å². The number of benzene rings is 1. The summed E-state index contributed by atoms with van der Waals surface area (Å²) in [5, 5.41) is 11.9. The standard InChI is InChI=1S/C15H20N2O3/c1-15(2,14(19)20)8-12(16)10-4-3-9-5-6-17-13(18)11(9)7-10/h3-4,7,12H,5-6,8,16H2,1-2H3,(H,17,18)(H,19,20). The molecule has 20 heavy (non-hydrogen) atoms. The Bertz CT molecular complexity index is 552. The molecule has 4 N–H and O–H groups in total. The highest BCUT2D eigenvalue weighted by Gasteiger charge is 2.30. The number of carbonyl (C=O) groups excluding carboxylic acids is 1. The number of amides is 1.